The molecule has 152 valence electrons. The number of nitrogens with one attached hydrogen (secondary N) is 1. The summed E-state index contributed by atoms with van der Waals surface area (Å²) in [5, 5.41) is 5.18. The molecule has 1 amide bonds. The van der Waals surface area contributed by atoms with Crippen molar-refractivity contribution in [1.82, 2.24) is 9.55 Å². The highest BCUT2D eigenvalue weighted by Gasteiger charge is 2.14. The Balaban J connectivity index is 1.70. The zero-order valence-electron chi connectivity index (χ0n) is 16.1. The number of carbonyl (C=O) groups is 2. The van der Waals surface area contributed by atoms with Gasteiger partial charge in [-0.1, -0.05) is 25.1 Å². The Kier molecular flexibility index (Phi) is 7.05. The summed E-state index contributed by atoms with van der Waals surface area (Å²) < 4.78 is 6.95. The number of methoxy groups -OCH3 is 1. The Morgan fingerprint density at radius 2 is 2.00 bits per heavy atom. The monoisotopic (exact) mass is 431 g/mol. The summed E-state index contributed by atoms with van der Waals surface area (Å²) in [5.74, 6) is -0.534. The summed E-state index contributed by atoms with van der Waals surface area (Å²) in [6, 6.07) is 8.27. The van der Waals surface area contributed by atoms with Crippen molar-refractivity contribution in [2.24, 2.45) is 0 Å². The summed E-state index contributed by atoms with van der Waals surface area (Å²) in [7, 11) is 1.32. The molecule has 0 saturated carbocycles. The number of ether oxygens (including phenoxy) is 1. The molecule has 29 heavy (non-hydrogen) atoms. The lowest BCUT2D eigenvalue weighted by atomic mass is 10.2. The fourth-order valence-corrected chi connectivity index (χ4v) is 4.29. The summed E-state index contributed by atoms with van der Waals surface area (Å²) >= 11 is 2.62. The first-order chi connectivity index (χ1) is 14.0. The van der Waals surface area contributed by atoms with Crippen LogP contribution in [0.3, 0.4) is 0 Å². The van der Waals surface area contributed by atoms with Gasteiger partial charge in [-0.2, -0.15) is 0 Å². The summed E-state index contributed by atoms with van der Waals surface area (Å²) in [5.41, 5.74) is 1.59. The average molecular weight is 432 g/mol. The van der Waals surface area contributed by atoms with E-state index in [2.05, 4.69) is 22.0 Å². The second kappa shape index (κ2) is 9.71. The smallest absolute Gasteiger partial charge is 0.337 e. The van der Waals surface area contributed by atoms with Crippen LogP contribution in [0.4, 0.5) is 5.69 Å². The van der Waals surface area contributed by atoms with Crippen molar-refractivity contribution in [2.75, 3.05) is 18.2 Å². The summed E-state index contributed by atoms with van der Waals surface area (Å²) in [6.07, 6.45) is 1.83. The molecule has 9 heteroatoms. The zero-order valence-corrected chi connectivity index (χ0v) is 17.8. The normalized spacial score (nSPS) is 10.8. The number of hydrogen-bond donors (Lipinski definition) is 1. The van der Waals surface area contributed by atoms with Gasteiger partial charge in [0.2, 0.25) is 5.91 Å². The number of carbonyl (C=O) groups excluding carboxylic acids is 2. The molecule has 1 aromatic carbocycles. The topological polar surface area (TPSA) is 90.3 Å². The Bertz CT molecular complexity index is 1070. The van der Waals surface area contributed by atoms with E-state index in [9.17, 15) is 14.4 Å². The van der Waals surface area contributed by atoms with Crippen LogP contribution in [0.5, 0.6) is 0 Å². The number of rotatable bonds is 8. The Labute approximate surface area is 176 Å². The van der Waals surface area contributed by atoms with Crippen molar-refractivity contribution in [2.45, 2.75) is 31.5 Å². The first-order valence-corrected chi connectivity index (χ1v) is 11.0. The standard InChI is InChI=1S/C20H21N3O4S2/c1-3-4-10-23-18(25)17-15(9-11-28-17)22-20(23)29-12-16(24)21-14-7-5-13(6-8-14)19(26)27-2/h5-9,11H,3-4,10,12H2,1-2H3,(H,21,24). The number of fused-ring (bicyclic) bond motifs is 1. The number of unbranched alkanes of at least 4 members (excludes halogenated alkanes) is 1. The summed E-state index contributed by atoms with van der Waals surface area (Å²) in [6.45, 7) is 2.64. The molecule has 0 saturated heterocycles. The minimum atomic E-state index is -0.432. The molecule has 0 aliphatic rings. The lowest BCUT2D eigenvalue weighted by Gasteiger charge is -2.11. The number of aromatic nitrogens is 2. The lowest BCUT2D eigenvalue weighted by molar-refractivity contribution is -0.113. The number of benzene rings is 1. The molecule has 0 spiro atoms. The van der Waals surface area contributed by atoms with Crippen molar-refractivity contribution in [1.29, 1.82) is 0 Å². The van der Waals surface area contributed by atoms with Crippen molar-refractivity contribution in [3.8, 4) is 0 Å². The molecule has 0 aliphatic heterocycles. The molecule has 0 bridgehead atoms. The van der Waals surface area contributed by atoms with E-state index < -0.39 is 5.97 Å². The average Bonchev–Trinajstić information content (AvgIpc) is 3.20. The zero-order chi connectivity index (χ0) is 20.8. The maximum Gasteiger partial charge on any atom is 0.337 e. The Morgan fingerprint density at radius 3 is 2.69 bits per heavy atom. The van der Waals surface area contributed by atoms with Gasteiger partial charge < -0.3 is 10.1 Å². The molecular formula is C20H21N3O4S2. The molecule has 0 radical (unpaired) electrons. The molecule has 0 atom stereocenters. The predicted molar refractivity (Wildman–Crippen MR) is 116 cm³/mol. The number of thiophene rings is 1. The quantitative estimate of drug-likeness (QED) is 0.332. The lowest BCUT2D eigenvalue weighted by Crippen LogP contribution is -2.23. The first-order valence-electron chi connectivity index (χ1n) is 9.12. The second-order valence-electron chi connectivity index (χ2n) is 6.25. The highest BCUT2D eigenvalue weighted by Crippen LogP contribution is 2.21. The molecule has 7 nitrogen and oxygen atoms in total. The Hall–Kier alpha value is -2.65. The molecule has 3 aromatic rings. The maximum atomic E-state index is 12.7. The van der Waals surface area contributed by atoms with E-state index in [4.69, 9.17) is 0 Å². The molecule has 0 aliphatic carbocycles. The third-order valence-electron chi connectivity index (χ3n) is 4.19. The molecule has 1 N–H and O–H groups in total. The third kappa shape index (κ3) is 5.04. The van der Waals surface area contributed by atoms with Gasteiger partial charge in [0.25, 0.3) is 5.56 Å². The van der Waals surface area contributed by atoms with Crippen LogP contribution in [0.2, 0.25) is 0 Å². The van der Waals surface area contributed by atoms with Crippen LogP contribution < -0.4 is 10.9 Å². The predicted octanol–water partition coefficient (Wildman–Crippen LogP) is 3.78. The highest BCUT2D eigenvalue weighted by atomic mass is 32.2. The number of anilines is 1. The van der Waals surface area contributed by atoms with Gasteiger partial charge in [-0.15, -0.1) is 11.3 Å². The van der Waals surface area contributed by atoms with E-state index >= 15 is 0 Å². The number of amides is 1. The molecule has 3 rings (SSSR count). The van der Waals surface area contributed by atoms with Crippen LogP contribution in [-0.2, 0) is 16.1 Å². The molecule has 0 fully saturated rings. The van der Waals surface area contributed by atoms with E-state index in [1.165, 1.54) is 30.2 Å². The number of hydrogen-bond acceptors (Lipinski definition) is 7. The van der Waals surface area contributed by atoms with Crippen LogP contribution in [0.25, 0.3) is 10.2 Å². The third-order valence-corrected chi connectivity index (χ3v) is 6.06. The van der Waals surface area contributed by atoms with Gasteiger partial charge in [0.1, 0.15) is 4.70 Å². The number of nitrogens with zero attached hydrogens (tertiary/aromatic N) is 2. The number of thioether (sulfide) groups is 1. The van der Waals surface area contributed by atoms with Gasteiger partial charge in [0.15, 0.2) is 5.16 Å². The van der Waals surface area contributed by atoms with Crippen molar-refractivity contribution >= 4 is 50.9 Å². The highest BCUT2D eigenvalue weighted by molar-refractivity contribution is 7.99. The van der Waals surface area contributed by atoms with E-state index in [0.717, 1.165) is 12.8 Å². The van der Waals surface area contributed by atoms with Gasteiger partial charge in [0.05, 0.1) is 23.9 Å². The van der Waals surface area contributed by atoms with E-state index in [1.807, 2.05) is 11.4 Å². The molecule has 2 aromatic heterocycles. The van der Waals surface area contributed by atoms with Crippen molar-refractivity contribution in [3.63, 3.8) is 0 Å². The van der Waals surface area contributed by atoms with Gasteiger partial charge >= 0.3 is 5.97 Å². The van der Waals surface area contributed by atoms with Crippen LogP contribution >= 0.6 is 23.1 Å². The van der Waals surface area contributed by atoms with Crippen LogP contribution in [0.1, 0.15) is 30.1 Å². The van der Waals surface area contributed by atoms with E-state index in [-0.39, 0.29) is 17.2 Å². The van der Waals surface area contributed by atoms with Gasteiger partial charge in [0, 0.05) is 12.2 Å². The largest absolute Gasteiger partial charge is 0.465 e. The van der Waals surface area contributed by atoms with Gasteiger partial charge in [-0.3, -0.25) is 14.2 Å². The molecule has 2 heterocycles. The van der Waals surface area contributed by atoms with Crippen LogP contribution in [0.15, 0.2) is 45.7 Å². The fraction of sp³-hybridized carbons (Fsp3) is 0.300. The first kappa shape index (κ1) is 21.1. The minimum Gasteiger partial charge on any atom is -0.465 e. The Morgan fingerprint density at radius 1 is 1.24 bits per heavy atom. The van der Waals surface area contributed by atoms with Crippen molar-refractivity contribution in [3.05, 3.63) is 51.6 Å². The van der Waals surface area contributed by atoms with E-state index in [1.54, 1.807) is 28.8 Å². The SMILES string of the molecule is CCCCn1c(SCC(=O)Nc2ccc(C(=O)OC)cc2)nc2ccsc2c1=O. The van der Waals surface area contributed by atoms with E-state index in [0.29, 0.717) is 33.2 Å². The van der Waals surface area contributed by atoms with Gasteiger partial charge in [-0.25, -0.2) is 9.78 Å². The summed E-state index contributed by atoms with van der Waals surface area (Å²) in [4.78, 5) is 41.1. The molecule has 0 unspecified atom stereocenters. The molecular weight excluding hydrogens is 410 g/mol. The maximum absolute atomic E-state index is 12.7. The van der Waals surface area contributed by atoms with Crippen LogP contribution in [0, 0.1) is 0 Å². The fourth-order valence-electron chi connectivity index (χ4n) is 2.68. The van der Waals surface area contributed by atoms with Crippen LogP contribution in [-0.4, -0.2) is 34.3 Å². The second-order valence-corrected chi connectivity index (χ2v) is 8.10. The van der Waals surface area contributed by atoms with Gasteiger partial charge in [-0.05, 0) is 42.1 Å². The van der Waals surface area contributed by atoms with Crippen molar-refractivity contribution < 1.29 is 14.3 Å². The number of esters is 1. The minimum absolute atomic E-state index is 0.0558.